The van der Waals surface area contributed by atoms with Crippen LogP contribution in [0.1, 0.15) is 81.1 Å². The Hall–Kier alpha value is -5.35. The minimum absolute atomic E-state index is 0.103. The molecule has 1 aromatic carbocycles. The Labute approximate surface area is 356 Å². The first kappa shape index (κ1) is 39.8. The van der Waals surface area contributed by atoms with Gasteiger partial charge in [-0.15, -0.1) is 0 Å². The fourth-order valence-corrected chi connectivity index (χ4v) is 10.3. The molecule has 4 saturated heterocycles. The van der Waals surface area contributed by atoms with Gasteiger partial charge in [-0.2, -0.15) is 5.10 Å². The average molecular weight is 832 g/mol. The number of piperazine rings is 1. The Morgan fingerprint density at radius 1 is 0.885 bits per heavy atom. The second-order valence-electron chi connectivity index (χ2n) is 18.5. The number of methoxy groups -OCH3 is 1. The number of carbonyl (C=O) groups excluding carboxylic acids is 3. The van der Waals surface area contributed by atoms with Gasteiger partial charge < -0.3 is 29.1 Å². The lowest BCUT2D eigenvalue weighted by atomic mass is 9.93. The van der Waals surface area contributed by atoms with E-state index in [1.165, 1.54) is 0 Å². The lowest BCUT2D eigenvalue weighted by Crippen LogP contribution is -2.54. The predicted octanol–water partition coefficient (Wildman–Crippen LogP) is 4.25. The number of nitrogens with one attached hydrogen (secondary N) is 2. The van der Waals surface area contributed by atoms with Gasteiger partial charge in [0.05, 0.1) is 36.7 Å². The van der Waals surface area contributed by atoms with Crippen LogP contribution in [0.2, 0.25) is 0 Å². The number of carbonyl (C=O) groups is 3. The maximum absolute atomic E-state index is 13.4. The number of rotatable bonds is 11. The molecular weight excluding hydrogens is 775 g/mol. The van der Waals surface area contributed by atoms with Crippen LogP contribution in [-0.2, 0) is 16.1 Å². The summed E-state index contributed by atoms with van der Waals surface area (Å²) in [5.41, 5.74) is 4.76. The molecule has 6 aliphatic rings. The van der Waals surface area contributed by atoms with E-state index in [9.17, 15) is 14.4 Å². The minimum Gasteiger partial charge on any atom is -0.494 e. The van der Waals surface area contributed by atoms with Gasteiger partial charge in [0, 0.05) is 100 Å². The average Bonchev–Trinajstić information content (AvgIpc) is 3.68. The molecular formula is C45H57N11O5. The number of pyridine rings is 1. The molecule has 0 bridgehead atoms. The molecule has 8 heterocycles. The summed E-state index contributed by atoms with van der Waals surface area (Å²) < 4.78 is 12.1. The zero-order valence-corrected chi connectivity index (χ0v) is 35.6. The molecule has 2 atom stereocenters. The van der Waals surface area contributed by atoms with Gasteiger partial charge in [0.1, 0.15) is 35.2 Å². The molecule has 322 valence electrons. The van der Waals surface area contributed by atoms with Gasteiger partial charge in [0.15, 0.2) is 0 Å². The highest BCUT2D eigenvalue weighted by Crippen LogP contribution is 2.42. The number of hydrogen-bond acceptors (Lipinski definition) is 13. The number of benzene rings is 1. The SMILES string of the molecule is COc1c(N2CCC(CN3CCN(CC4CCN(c5cc(-c6n[nH]c7cnc(OC8(C)CC8)cc67)ncn5)CC4)[C@H](C)C3)CC2)ccc2c1CN(C1CCC(=O)NC1=O)C2=O. The van der Waals surface area contributed by atoms with E-state index in [1.807, 2.05) is 18.2 Å². The first-order valence-corrected chi connectivity index (χ1v) is 22.3. The highest BCUT2D eigenvalue weighted by Gasteiger charge is 2.42. The van der Waals surface area contributed by atoms with Gasteiger partial charge in [-0.3, -0.25) is 29.7 Å². The third kappa shape index (κ3) is 8.00. The molecule has 16 heteroatoms. The van der Waals surface area contributed by atoms with Gasteiger partial charge in [-0.1, -0.05) is 0 Å². The standard InChI is InChI=1S/C45H57N11O5/c1-28-23-52(24-29-8-14-53(15-9-29)36-5-4-31-33(42(36)60-3)26-56(44(31)59)37-6-7-39(57)49-43(37)58)18-19-55(28)25-30-10-16-54(17-11-30)38-21-34(47-27-48-38)41-32-20-40(61-45(2)12-13-45)46-22-35(32)50-51-41/h4-5,20-22,27-30,37H,6-19,23-26H2,1-3H3,(H,50,51)(H,49,57,58)/t28-,37?/m1/s1. The Kier molecular flexibility index (Phi) is 10.5. The minimum atomic E-state index is -0.643. The maximum Gasteiger partial charge on any atom is 0.255 e. The Morgan fingerprint density at radius 3 is 2.39 bits per heavy atom. The van der Waals surface area contributed by atoms with Crippen LogP contribution in [0.5, 0.6) is 11.6 Å². The zero-order chi connectivity index (χ0) is 41.8. The smallest absolute Gasteiger partial charge is 0.255 e. The van der Waals surface area contributed by atoms with Crippen LogP contribution in [-0.4, -0.2) is 141 Å². The second kappa shape index (κ2) is 16.2. The molecule has 1 saturated carbocycles. The molecule has 3 amide bonds. The highest BCUT2D eigenvalue weighted by molar-refractivity contribution is 6.06. The third-order valence-corrected chi connectivity index (χ3v) is 14.2. The monoisotopic (exact) mass is 831 g/mol. The van der Waals surface area contributed by atoms with Crippen molar-refractivity contribution >= 4 is 40.1 Å². The lowest BCUT2D eigenvalue weighted by molar-refractivity contribution is -0.136. The Morgan fingerprint density at radius 2 is 1.66 bits per heavy atom. The molecule has 5 aliphatic heterocycles. The summed E-state index contributed by atoms with van der Waals surface area (Å²) in [4.78, 5) is 63.3. The number of H-pyrrole nitrogens is 1. The van der Waals surface area contributed by atoms with Crippen molar-refractivity contribution in [3.8, 4) is 23.0 Å². The molecule has 3 aromatic heterocycles. The largest absolute Gasteiger partial charge is 0.494 e. The van der Waals surface area contributed by atoms with Crippen molar-refractivity contribution in [2.24, 2.45) is 11.8 Å². The van der Waals surface area contributed by atoms with Crippen LogP contribution in [0.3, 0.4) is 0 Å². The van der Waals surface area contributed by atoms with E-state index in [0.29, 0.717) is 42.3 Å². The van der Waals surface area contributed by atoms with E-state index in [4.69, 9.17) is 9.47 Å². The van der Waals surface area contributed by atoms with Crippen LogP contribution in [0.4, 0.5) is 11.5 Å². The number of aromatic nitrogens is 5. The molecule has 4 aromatic rings. The van der Waals surface area contributed by atoms with Crippen LogP contribution < -0.4 is 24.6 Å². The molecule has 16 nitrogen and oxygen atoms in total. The number of aromatic amines is 1. The lowest BCUT2D eigenvalue weighted by Gasteiger charge is -2.44. The number of hydrogen-bond donors (Lipinski definition) is 2. The van der Waals surface area contributed by atoms with Crippen molar-refractivity contribution in [3.05, 3.63) is 47.9 Å². The van der Waals surface area contributed by atoms with E-state index in [1.54, 1.807) is 24.5 Å². The van der Waals surface area contributed by atoms with Crippen molar-refractivity contribution in [2.75, 3.05) is 75.8 Å². The second-order valence-corrected chi connectivity index (χ2v) is 18.5. The van der Waals surface area contributed by atoms with Crippen molar-refractivity contribution in [1.29, 1.82) is 0 Å². The van der Waals surface area contributed by atoms with Gasteiger partial charge in [-0.25, -0.2) is 15.0 Å². The van der Waals surface area contributed by atoms with Crippen molar-refractivity contribution in [2.45, 2.75) is 89.4 Å². The third-order valence-electron chi connectivity index (χ3n) is 14.2. The zero-order valence-electron chi connectivity index (χ0n) is 35.6. The predicted molar refractivity (Wildman–Crippen MR) is 230 cm³/mol. The topological polar surface area (TPSA) is 165 Å². The summed E-state index contributed by atoms with van der Waals surface area (Å²) in [6.07, 6.45) is 10.6. The van der Waals surface area contributed by atoms with Crippen LogP contribution in [0, 0.1) is 11.8 Å². The van der Waals surface area contributed by atoms with Crippen molar-refractivity contribution in [1.82, 2.24) is 45.2 Å². The first-order valence-electron chi connectivity index (χ1n) is 22.3. The summed E-state index contributed by atoms with van der Waals surface area (Å²) in [7, 11) is 1.66. The fraction of sp³-hybridized carbons (Fsp3) is 0.578. The number of amides is 3. The summed E-state index contributed by atoms with van der Waals surface area (Å²) >= 11 is 0. The summed E-state index contributed by atoms with van der Waals surface area (Å²) in [6, 6.07) is 7.80. The summed E-state index contributed by atoms with van der Waals surface area (Å²) in [5, 5.41) is 11.1. The number of piperidine rings is 3. The number of anilines is 2. The van der Waals surface area contributed by atoms with Gasteiger partial charge in [0.25, 0.3) is 5.91 Å². The van der Waals surface area contributed by atoms with E-state index < -0.39 is 11.9 Å². The van der Waals surface area contributed by atoms with Crippen molar-refractivity contribution in [3.63, 3.8) is 0 Å². The Bertz CT molecular complexity index is 2310. The van der Waals surface area contributed by atoms with Crippen LogP contribution in [0.15, 0.2) is 36.8 Å². The molecule has 61 heavy (non-hydrogen) atoms. The highest BCUT2D eigenvalue weighted by atomic mass is 16.5. The molecule has 5 fully saturated rings. The quantitative estimate of drug-likeness (QED) is 0.206. The molecule has 1 unspecified atom stereocenters. The summed E-state index contributed by atoms with van der Waals surface area (Å²) in [6.45, 7) is 14.2. The normalized spacial score (nSPS) is 24.0. The van der Waals surface area contributed by atoms with E-state index in [0.717, 1.165) is 143 Å². The summed E-state index contributed by atoms with van der Waals surface area (Å²) in [5.74, 6) is 2.73. The van der Waals surface area contributed by atoms with E-state index in [2.05, 4.69) is 70.0 Å². The van der Waals surface area contributed by atoms with Gasteiger partial charge in [-0.05, 0) is 82.8 Å². The van der Waals surface area contributed by atoms with E-state index >= 15 is 0 Å². The van der Waals surface area contributed by atoms with Crippen LogP contribution in [0.25, 0.3) is 22.3 Å². The molecule has 0 radical (unpaired) electrons. The first-order chi connectivity index (χ1) is 29.6. The van der Waals surface area contributed by atoms with Gasteiger partial charge in [0.2, 0.25) is 17.7 Å². The molecule has 2 N–H and O–H groups in total. The van der Waals surface area contributed by atoms with Crippen LogP contribution >= 0.6 is 0 Å². The number of fused-ring (bicyclic) bond motifs is 2. The number of nitrogens with zero attached hydrogens (tertiary/aromatic N) is 9. The van der Waals surface area contributed by atoms with Gasteiger partial charge >= 0.3 is 0 Å². The number of ether oxygens (including phenoxy) is 2. The molecule has 1 aliphatic carbocycles. The number of imide groups is 1. The van der Waals surface area contributed by atoms with Crippen molar-refractivity contribution < 1.29 is 23.9 Å². The fourth-order valence-electron chi connectivity index (χ4n) is 10.3. The maximum atomic E-state index is 13.4. The van der Waals surface area contributed by atoms with E-state index in [-0.39, 0.29) is 23.8 Å². The Balaban J connectivity index is 0.686. The molecule has 10 rings (SSSR count). The molecule has 0 spiro atoms.